The quantitative estimate of drug-likeness (QED) is 0.396. The number of carbonyl (C=O) groups is 1. The van der Waals surface area contributed by atoms with Crippen LogP contribution in [0.1, 0.15) is 12.0 Å². The predicted molar refractivity (Wildman–Crippen MR) is 114 cm³/mol. The van der Waals surface area contributed by atoms with Crippen molar-refractivity contribution in [2.24, 2.45) is 0 Å². The zero-order chi connectivity index (χ0) is 20.9. The van der Waals surface area contributed by atoms with E-state index in [1.807, 2.05) is 41.1 Å². The number of nitrogens with zero attached hydrogens (tertiary/aromatic N) is 4. The number of aryl methyl sites for hydroxylation is 1. The molecule has 0 atom stereocenters. The molecule has 30 heavy (non-hydrogen) atoms. The number of hydrogen-bond donors (Lipinski definition) is 0. The predicted octanol–water partition coefficient (Wildman–Crippen LogP) is 4.91. The summed E-state index contributed by atoms with van der Waals surface area (Å²) in [5.74, 6) is -1.68. The fourth-order valence-corrected chi connectivity index (χ4v) is 4.05. The number of carbonyl (C=O) groups excluding carboxylic acids is 1. The van der Waals surface area contributed by atoms with Crippen molar-refractivity contribution in [1.82, 2.24) is 14.5 Å². The van der Waals surface area contributed by atoms with E-state index < -0.39 is 11.6 Å². The molecule has 0 unspecified atom stereocenters. The molecular formula is C22H18F2N4OS. The van der Waals surface area contributed by atoms with Crippen molar-refractivity contribution in [1.29, 1.82) is 0 Å². The highest BCUT2D eigenvalue weighted by molar-refractivity contribution is 7.22. The van der Waals surface area contributed by atoms with Crippen LogP contribution in [0.4, 0.5) is 13.9 Å². The molecule has 0 bridgehead atoms. The van der Waals surface area contributed by atoms with Crippen molar-refractivity contribution in [2.75, 3.05) is 11.4 Å². The third-order valence-corrected chi connectivity index (χ3v) is 5.50. The second kappa shape index (κ2) is 8.96. The minimum absolute atomic E-state index is 0.0656. The van der Waals surface area contributed by atoms with E-state index in [1.165, 1.54) is 17.0 Å². The van der Waals surface area contributed by atoms with Crippen molar-refractivity contribution < 1.29 is 13.6 Å². The Bertz CT molecular complexity index is 1170. The molecule has 8 heteroatoms. The zero-order valence-corrected chi connectivity index (χ0v) is 16.7. The summed E-state index contributed by atoms with van der Waals surface area (Å²) in [5, 5.41) is 0.336. The van der Waals surface area contributed by atoms with Crippen LogP contribution in [0, 0.1) is 11.6 Å². The van der Waals surface area contributed by atoms with Gasteiger partial charge in [0.2, 0.25) is 0 Å². The highest BCUT2D eigenvalue weighted by Gasteiger charge is 2.19. The Labute approximate surface area is 175 Å². The zero-order valence-electron chi connectivity index (χ0n) is 15.9. The molecule has 0 fully saturated rings. The summed E-state index contributed by atoms with van der Waals surface area (Å²) < 4.78 is 30.0. The van der Waals surface area contributed by atoms with E-state index in [0.29, 0.717) is 29.3 Å². The molecule has 0 aliphatic rings. The smallest absolute Gasteiger partial charge is 0.252 e. The minimum Gasteiger partial charge on any atom is -0.337 e. The molecule has 0 radical (unpaired) electrons. The number of hydrogen-bond acceptors (Lipinski definition) is 4. The Morgan fingerprint density at radius 2 is 2.03 bits per heavy atom. The summed E-state index contributed by atoms with van der Waals surface area (Å²) in [4.78, 5) is 22.7. The van der Waals surface area contributed by atoms with Crippen LogP contribution in [0.5, 0.6) is 0 Å². The molecule has 4 rings (SSSR count). The highest BCUT2D eigenvalue weighted by atomic mass is 32.1. The number of fused-ring (bicyclic) bond motifs is 1. The van der Waals surface area contributed by atoms with Gasteiger partial charge in [0.05, 0.1) is 11.0 Å². The van der Waals surface area contributed by atoms with Crippen LogP contribution in [0.25, 0.3) is 16.3 Å². The van der Waals surface area contributed by atoms with Gasteiger partial charge in [-0.1, -0.05) is 41.7 Å². The molecular weight excluding hydrogens is 406 g/mol. The van der Waals surface area contributed by atoms with Gasteiger partial charge in [-0.05, 0) is 24.1 Å². The van der Waals surface area contributed by atoms with Gasteiger partial charge in [-0.3, -0.25) is 9.69 Å². The van der Waals surface area contributed by atoms with Gasteiger partial charge in [0, 0.05) is 37.6 Å². The maximum Gasteiger partial charge on any atom is 0.252 e. The lowest BCUT2D eigenvalue weighted by Gasteiger charge is -2.18. The molecule has 2 aromatic heterocycles. The lowest BCUT2D eigenvalue weighted by Crippen LogP contribution is -2.30. The first-order chi connectivity index (χ1) is 14.6. The minimum atomic E-state index is -0.738. The van der Waals surface area contributed by atoms with Gasteiger partial charge < -0.3 is 4.57 Å². The molecule has 0 N–H and O–H groups in total. The summed E-state index contributed by atoms with van der Waals surface area (Å²) in [6.07, 6.45) is 9.08. The number of imidazole rings is 1. The maximum absolute atomic E-state index is 14.1. The van der Waals surface area contributed by atoms with E-state index in [4.69, 9.17) is 0 Å². The molecule has 2 heterocycles. The SMILES string of the molecule is O=C(/C=C/c1ccccc1)N(CCCn1ccnc1)c1nc2c(F)cc(F)cc2s1. The van der Waals surface area contributed by atoms with E-state index in [0.717, 1.165) is 23.0 Å². The topological polar surface area (TPSA) is 51.0 Å². The molecule has 0 spiro atoms. The van der Waals surface area contributed by atoms with Crippen molar-refractivity contribution in [2.45, 2.75) is 13.0 Å². The van der Waals surface area contributed by atoms with Crippen LogP contribution in [0.3, 0.4) is 0 Å². The number of halogens is 2. The second-order valence-corrected chi connectivity index (χ2v) is 7.63. The normalized spacial score (nSPS) is 11.4. The van der Waals surface area contributed by atoms with Crippen LogP contribution in [-0.2, 0) is 11.3 Å². The van der Waals surface area contributed by atoms with E-state index in [2.05, 4.69) is 9.97 Å². The van der Waals surface area contributed by atoms with Crippen LogP contribution in [0.15, 0.2) is 67.3 Å². The van der Waals surface area contributed by atoms with Crippen LogP contribution >= 0.6 is 11.3 Å². The summed E-state index contributed by atoms with van der Waals surface area (Å²) in [7, 11) is 0. The summed E-state index contributed by atoms with van der Waals surface area (Å²) >= 11 is 1.09. The molecule has 0 saturated heterocycles. The summed E-state index contributed by atoms with van der Waals surface area (Å²) in [5.41, 5.74) is 0.956. The third kappa shape index (κ3) is 4.60. The average molecular weight is 424 g/mol. The van der Waals surface area contributed by atoms with E-state index in [9.17, 15) is 13.6 Å². The third-order valence-electron chi connectivity index (χ3n) is 4.47. The molecule has 4 aromatic rings. The van der Waals surface area contributed by atoms with Gasteiger partial charge in [-0.25, -0.2) is 18.7 Å². The molecule has 0 saturated carbocycles. The molecule has 0 aliphatic carbocycles. The fraction of sp³-hybridized carbons (Fsp3) is 0.136. The fourth-order valence-electron chi connectivity index (χ4n) is 3.01. The van der Waals surface area contributed by atoms with Crippen molar-refractivity contribution in [3.63, 3.8) is 0 Å². The maximum atomic E-state index is 14.1. The summed E-state index contributed by atoms with van der Waals surface area (Å²) in [6.45, 7) is 1.04. The highest BCUT2D eigenvalue weighted by Crippen LogP contribution is 2.31. The summed E-state index contributed by atoms with van der Waals surface area (Å²) in [6, 6.07) is 11.5. The molecule has 2 aromatic carbocycles. The van der Waals surface area contributed by atoms with E-state index in [1.54, 1.807) is 18.6 Å². The number of benzene rings is 2. The first-order valence-corrected chi connectivity index (χ1v) is 10.2. The van der Waals surface area contributed by atoms with Crippen LogP contribution < -0.4 is 4.90 Å². The van der Waals surface area contributed by atoms with Gasteiger partial charge in [0.25, 0.3) is 5.91 Å². The van der Waals surface area contributed by atoms with Gasteiger partial charge in [0.1, 0.15) is 11.3 Å². The number of thiazole rings is 1. The Kier molecular flexibility index (Phi) is 5.94. The monoisotopic (exact) mass is 424 g/mol. The van der Waals surface area contributed by atoms with Crippen molar-refractivity contribution in [3.8, 4) is 0 Å². The Morgan fingerprint density at radius 1 is 1.20 bits per heavy atom. The lowest BCUT2D eigenvalue weighted by atomic mass is 10.2. The lowest BCUT2D eigenvalue weighted by molar-refractivity contribution is -0.114. The Hall–Kier alpha value is -3.39. The van der Waals surface area contributed by atoms with Gasteiger partial charge in [-0.2, -0.15) is 0 Å². The first-order valence-electron chi connectivity index (χ1n) is 9.36. The van der Waals surface area contributed by atoms with E-state index >= 15 is 0 Å². The van der Waals surface area contributed by atoms with E-state index in [-0.39, 0.29) is 11.4 Å². The largest absolute Gasteiger partial charge is 0.337 e. The van der Waals surface area contributed by atoms with Crippen molar-refractivity contribution >= 4 is 38.7 Å². The van der Waals surface area contributed by atoms with Gasteiger partial charge in [-0.15, -0.1) is 0 Å². The Morgan fingerprint density at radius 3 is 2.80 bits per heavy atom. The average Bonchev–Trinajstić information content (AvgIpc) is 3.40. The standard InChI is InChI=1S/C22H18F2N4OS/c23-17-13-18(24)21-19(14-17)30-22(26-21)28(11-4-10-27-12-9-25-15-27)20(29)8-7-16-5-2-1-3-6-16/h1-3,5-9,12-15H,4,10-11H2/b8-7+. The van der Waals surface area contributed by atoms with Gasteiger partial charge >= 0.3 is 0 Å². The second-order valence-electron chi connectivity index (χ2n) is 6.62. The number of aromatic nitrogens is 3. The number of amides is 1. The Balaban J connectivity index is 1.60. The number of anilines is 1. The van der Waals surface area contributed by atoms with Crippen LogP contribution in [-0.4, -0.2) is 27.0 Å². The molecule has 5 nitrogen and oxygen atoms in total. The van der Waals surface area contributed by atoms with Gasteiger partial charge in [0.15, 0.2) is 10.9 Å². The molecule has 1 amide bonds. The first kappa shape index (κ1) is 19.9. The molecule has 152 valence electrons. The van der Waals surface area contributed by atoms with Crippen molar-refractivity contribution in [3.05, 3.63) is 84.5 Å². The molecule has 0 aliphatic heterocycles. The number of rotatable bonds is 7. The van der Waals surface area contributed by atoms with Crippen LogP contribution in [0.2, 0.25) is 0 Å².